The molecular weight excluding hydrogens is 222 g/mol. The van der Waals surface area contributed by atoms with Crippen LogP contribution in [0.1, 0.15) is 12.3 Å². The van der Waals surface area contributed by atoms with Gasteiger partial charge in [0.1, 0.15) is 4.88 Å². The van der Waals surface area contributed by atoms with E-state index in [9.17, 15) is 0 Å². The molecule has 0 aliphatic rings. The van der Waals surface area contributed by atoms with Gasteiger partial charge in [-0.05, 0) is 6.42 Å². The Morgan fingerprint density at radius 1 is 1.43 bits per heavy atom. The molecule has 2 heterocycles. The number of aromatic nitrogens is 3. The Morgan fingerprint density at radius 3 is 3.07 bits per heavy atom. The summed E-state index contributed by atoms with van der Waals surface area (Å²) in [7, 11) is 0. The molecule has 0 aliphatic heterocycles. The normalized spacial score (nSPS) is 10.6. The molecule has 0 saturated heterocycles. The number of hydrogen-bond acceptors (Lipinski definition) is 5. The van der Waals surface area contributed by atoms with Gasteiger partial charge in [-0.25, -0.2) is 0 Å². The summed E-state index contributed by atoms with van der Waals surface area (Å²) >= 11 is 7.04. The molecule has 74 valence electrons. The number of halogens is 1. The summed E-state index contributed by atoms with van der Waals surface area (Å²) in [6.45, 7) is 0. The summed E-state index contributed by atoms with van der Waals surface area (Å²) in [5, 5.41) is 7.84. The van der Waals surface area contributed by atoms with Gasteiger partial charge in [-0.15, -0.1) is 33.1 Å². The minimum absolute atomic E-state index is 0.539. The molecule has 14 heavy (non-hydrogen) atoms. The highest BCUT2D eigenvalue weighted by Crippen LogP contribution is 2.21. The molecule has 0 bridgehead atoms. The maximum Gasteiger partial charge on any atom is 0.259 e. The van der Waals surface area contributed by atoms with Crippen LogP contribution in [0.4, 0.5) is 0 Å². The van der Waals surface area contributed by atoms with E-state index >= 15 is 0 Å². The van der Waals surface area contributed by atoms with Gasteiger partial charge in [0, 0.05) is 12.3 Å². The molecule has 0 unspecified atom stereocenters. The van der Waals surface area contributed by atoms with Gasteiger partial charge in [-0.2, -0.15) is 0 Å². The first-order valence-electron chi connectivity index (χ1n) is 4.17. The van der Waals surface area contributed by atoms with E-state index in [0.717, 1.165) is 17.7 Å². The Kier molecular flexibility index (Phi) is 3.10. The first-order valence-corrected chi connectivity index (χ1v) is 5.59. The fourth-order valence-corrected chi connectivity index (χ4v) is 1.67. The number of hydrogen-bond donors (Lipinski definition) is 0. The van der Waals surface area contributed by atoms with Crippen LogP contribution in [0.5, 0.6) is 0 Å². The highest BCUT2D eigenvalue weighted by Gasteiger charge is 2.08. The van der Waals surface area contributed by atoms with Gasteiger partial charge in [0.2, 0.25) is 5.89 Å². The van der Waals surface area contributed by atoms with Crippen molar-refractivity contribution in [3.8, 4) is 10.8 Å². The highest BCUT2D eigenvalue weighted by molar-refractivity contribution is 7.13. The number of aryl methyl sites for hydroxylation is 1. The molecule has 0 fully saturated rings. The molecule has 2 aromatic heterocycles. The van der Waals surface area contributed by atoms with Crippen LogP contribution in [0.2, 0.25) is 0 Å². The first kappa shape index (κ1) is 9.61. The lowest BCUT2D eigenvalue weighted by Crippen LogP contribution is -1.85. The molecule has 4 nitrogen and oxygen atoms in total. The second-order valence-corrected chi connectivity index (χ2v) is 3.92. The van der Waals surface area contributed by atoms with Crippen molar-refractivity contribution < 1.29 is 4.42 Å². The van der Waals surface area contributed by atoms with Crippen LogP contribution in [0.15, 0.2) is 16.1 Å². The number of alkyl halides is 1. The molecule has 2 aromatic rings. The lowest BCUT2D eigenvalue weighted by molar-refractivity contribution is 0.503. The van der Waals surface area contributed by atoms with Gasteiger partial charge in [0.15, 0.2) is 0 Å². The average Bonchev–Trinajstić information content (AvgIpc) is 2.85. The lowest BCUT2D eigenvalue weighted by Gasteiger charge is -1.88. The average molecular weight is 230 g/mol. The van der Waals surface area contributed by atoms with Gasteiger partial charge < -0.3 is 4.42 Å². The van der Waals surface area contributed by atoms with Crippen molar-refractivity contribution in [1.82, 2.24) is 15.2 Å². The topological polar surface area (TPSA) is 51.8 Å². The first-order chi connectivity index (χ1) is 6.90. The Bertz CT molecular complexity index is 387. The van der Waals surface area contributed by atoms with Crippen molar-refractivity contribution in [2.45, 2.75) is 12.8 Å². The molecule has 0 atom stereocenters. The van der Waals surface area contributed by atoms with Crippen LogP contribution in [0.3, 0.4) is 0 Å². The van der Waals surface area contributed by atoms with Crippen LogP contribution in [0.25, 0.3) is 10.8 Å². The molecule has 6 heteroatoms. The minimum atomic E-state index is 0.539. The molecule has 0 radical (unpaired) electrons. The summed E-state index contributed by atoms with van der Waals surface area (Å²) < 4.78 is 5.42. The van der Waals surface area contributed by atoms with E-state index < -0.39 is 0 Å². The Morgan fingerprint density at radius 2 is 2.36 bits per heavy atom. The van der Waals surface area contributed by atoms with E-state index in [1.807, 2.05) is 0 Å². The summed E-state index contributed by atoms with van der Waals surface area (Å²) in [6, 6.07) is 0. The smallest absolute Gasteiger partial charge is 0.259 e. The molecule has 0 N–H and O–H groups in total. The van der Waals surface area contributed by atoms with Crippen LogP contribution < -0.4 is 0 Å². The zero-order chi connectivity index (χ0) is 9.80. The Hall–Kier alpha value is -0.940. The largest absolute Gasteiger partial charge is 0.420 e. The third kappa shape index (κ3) is 2.10. The summed E-state index contributed by atoms with van der Waals surface area (Å²) in [5.41, 5.74) is 1.73. The summed E-state index contributed by atoms with van der Waals surface area (Å²) in [6.07, 6.45) is 3.30. The van der Waals surface area contributed by atoms with Crippen molar-refractivity contribution in [1.29, 1.82) is 0 Å². The Labute approximate surface area is 89.9 Å². The molecule has 0 aromatic carbocycles. The van der Waals surface area contributed by atoms with Gasteiger partial charge in [0.25, 0.3) is 5.89 Å². The predicted octanol–water partition coefficient (Wildman–Crippen LogP) is 2.36. The lowest BCUT2D eigenvalue weighted by atomic mass is 10.3. The van der Waals surface area contributed by atoms with Crippen molar-refractivity contribution in [3.05, 3.63) is 17.6 Å². The van der Waals surface area contributed by atoms with E-state index in [1.165, 1.54) is 11.3 Å². The standard InChI is InChI=1S/C8H8ClN3OS/c9-3-1-2-7-11-12-8(13-7)6-4-10-5-14-6/h4-5H,1-3H2. The molecule has 0 aliphatic carbocycles. The second-order valence-electron chi connectivity index (χ2n) is 2.66. The van der Waals surface area contributed by atoms with E-state index in [0.29, 0.717) is 17.7 Å². The van der Waals surface area contributed by atoms with Gasteiger partial charge in [0.05, 0.1) is 11.7 Å². The Balaban J connectivity index is 2.10. The van der Waals surface area contributed by atoms with Gasteiger partial charge in [-0.1, -0.05) is 0 Å². The summed E-state index contributed by atoms with van der Waals surface area (Å²) in [5.74, 6) is 1.78. The highest BCUT2D eigenvalue weighted by atomic mass is 35.5. The third-order valence-corrected chi connectivity index (χ3v) is 2.66. The molecule has 0 saturated carbocycles. The van der Waals surface area contributed by atoms with Gasteiger partial charge >= 0.3 is 0 Å². The predicted molar refractivity (Wildman–Crippen MR) is 54.4 cm³/mol. The zero-order valence-corrected chi connectivity index (χ0v) is 8.88. The molecule has 2 rings (SSSR count). The van der Waals surface area contributed by atoms with Crippen LogP contribution in [0, 0.1) is 0 Å². The maximum atomic E-state index is 5.56. The third-order valence-electron chi connectivity index (χ3n) is 1.63. The van der Waals surface area contributed by atoms with Gasteiger partial charge in [-0.3, -0.25) is 4.98 Å². The van der Waals surface area contributed by atoms with E-state index in [1.54, 1.807) is 11.7 Å². The zero-order valence-electron chi connectivity index (χ0n) is 7.31. The van der Waals surface area contributed by atoms with Crippen LogP contribution in [-0.2, 0) is 6.42 Å². The van der Waals surface area contributed by atoms with Crippen LogP contribution in [-0.4, -0.2) is 21.1 Å². The quantitative estimate of drug-likeness (QED) is 0.756. The number of nitrogens with zero attached hydrogens (tertiary/aromatic N) is 3. The molecule has 0 spiro atoms. The van der Waals surface area contributed by atoms with Crippen molar-refractivity contribution in [3.63, 3.8) is 0 Å². The monoisotopic (exact) mass is 229 g/mol. The molecular formula is C8H8ClN3OS. The van der Waals surface area contributed by atoms with E-state index in [4.69, 9.17) is 16.0 Å². The van der Waals surface area contributed by atoms with Crippen molar-refractivity contribution >= 4 is 22.9 Å². The minimum Gasteiger partial charge on any atom is -0.420 e. The fraction of sp³-hybridized carbons (Fsp3) is 0.375. The SMILES string of the molecule is ClCCCc1nnc(-c2cncs2)o1. The fourth-order valence-electron chi connectivity index (χ4n) is 0.994. The van der Waals surface area contributed by atoms with Crippen molar-refractivity contribution in [2.75, 3.05) is 5.88 Å². The van der Waals surface area contributed by atoms with Crippen LogP contribution >= 0.6 is 22.9 Å². The second kappa shape index (κ2) is 4.52. The van der Waals surface area contributed by atoms with Crippen molar-refractivity contribution in [2.24, 2.45) is 0 Å². The van der Waals surface area contributed by atoms with E-state index in [2.05, 4.69) is 15.2 Å². The number of thiazole rings is 1. The molecule has 0 amide bonds. The maximum absolute atomic E-state index is 5.56. The number of rotatable bonds is 4. The van der Waals surface area contributed by atoms with E-state index in [-0.39, 0.29) is 0 Å². The summed E-state index contributed by atoms with van der Waals surface area (Å²) in [4.78, 5) is 4.84.